The molecule has 0 saturated heterocycles. The standard InChI is InChI=1S/C28H23F6OP/c29-27(30,31)24(20-12-10-11-13-20)25(26(35)28(32,33)34)36(21-14-4-1-5-15-21,22-16-6-2-7-17-22)23-18-8-3-9-19-23/h1-9,14-19H,10-13H2. The molecule has 36 heavy (non-hydrogen) atoms. The van der Waals surface area contributed by atoms with E-state index < -0.39 is 35.9 Å². The Balaban J connectivity index is 2.40. The number of allylic oxidation sites excluding steroid dienone is 2. The molecule has 1 saturated carbocycles. The van der Waals surface area contributed by atoms with Crippen LogP contribution in [0.2, 0.25) is 0 Å². The number of Topliss-reactive ketones (excluding diaryl/α,β-unsaturated/α-hetero) is 1. The van der Waals surface area contributed by atoms with Crippen LogP contribution in [0.1, 0.15) is 25.7 Å². The van der Waals surface area contributed by atoms with Gasteiger partial charge in [-0.2, -0.15) is 26.3 Å². The molecule has 8 heteroatoms. The molecule has 0 aliphatic heterocycles. The van der Waals surface area contributed by atoms with Crippen LogP contribution in [-0.2, 0) is 4.79 Å². The van der Waals surface area contributed by atoms with E-state index in [0.717, 1.165) is 0 Å². The minimum atomic E-state index is -5.51. The van der Waals surface area contributed by atoms with Crippen molar-refractivity contribution in [1.29, 1.82) is 0 Å². The number of carbonyl (C=O) groups is 1. The van der Waals surface area contributed by atoms with Crippen LogP contribution in [0, 0.1) is 0 Å². The second kappa shape index (κ2) is 10.1. The Bertz CT molecular complexity index is 1200. The molecule has 0 spiro atoms. The summed E-state index contributed by atoms with van der Waals surface area (Å²) in [5.41, 5.74) is -1.55. The zero-order valence-electron chi connectivity index (χ0n) is 19.1. The second-order valence-electron chi connectivity index (χ2n) is 8.54. The van der Waals surface area contributed by atoms with Gasteiger partial charge in [0.15, 0.2) is 0 Å². The van der Waals surface area contributed by atoms with Crippen molar-refractivity contribution >= 4 is 33.9 Å². The van der Waals surface area contributed by atoms with E-state index >= 15 is 0 Å². The first-order valence-electron chi connectivity index (χ1n) is 11.4. The summed E-state index contributed by atoms with van der Waals surface area (Å²) < 4.78 is 87.4. The number of ketones is 1. The fraction of sp³-hybridized carbons (Fsp3) is 0.214. The summed E-state index contributed by atoms with van der Waals surface area (Å²) in [5.74, 6) is -2.45. The van der Waals surface area contributed by atoms with Crippen molar-refractivity contribution in [2.24, 2.45) is 0 Å². The Morgan fingerprint density at radius 3 is 1.25 bits per heavy atom. The maximum Gasteiger partial charge on any atom is 0.454 e. The first-order valence-corrected chi connectivity index (χ1v) is 13.2. The van der Waals surface area contributed by atoms with E-state index in [2.05, 4.69) is 0 Å². The average Bonchev–Trinajstić information content (AvgIpc) is 3.38. The van der Waals surface area contributed by atoms with Crippen molar-refractivity contribution in [1.82, 2.24) is 0 Å². The van der Waals surface area contributed by atoms with E-state index in [0.29, 0.717) is 12.8 Å². The van der Waals surface area contributed by atoms with E-state index in [9.17, 15) is 31.1 Å². The molecule has 1 aliphatic carbocycles. The highest BCUT2D eigenvalue weighted by atomic mass is 31.2. The van der Waals surface area contributed by atoms with E-state index in [4.69, 9.17) is 0 Å². The van der Waals surface area contributed by atoms with Crippen LogP contribution in [0.15, 0.2) is 102 Å². The number of benzene rings is 3. The Morgan fingerprint density at radius 1 is 0.583 bits per heavy atom. The molecule has 188 valence electrons. The van der Waals surface area contributed by atoms with Crippen molar-refractivity contribution < 1.29 is 31.1 Å². The highest BCUT2D eigenvalue weighted by molar-refractivity contribution is 7.96. The van der Waals surface area contributed by atoms with Gasteiger partial charge in [-0.15, -0.1) is 0 Å². The van der Waals surface area contributed by atoms with Crippen molar-refractivity contribution in [3.05, 3.63) is 102 Å². The largest absolute Gasteiger partial charge is 0.454 e. The van der Waals surface area contributed by atoms with Gasteiger partial charge in [0, 0.05) is 5.29 Å². The van der Waals surface area contributed by atoms with Gasteiger partial charge in [-0.1, -0.05) is 96.6 Å². The maximum absolute atomic E-state index is 14.9. The first-order chi connectivity index (χ1) is 17.1. The lowest BCUT2D eigenvalue weighted by Crippen LogP contribution is -2.42. The van der Waals surface area contributed by atoms with Crippen LogP contribution in [0.4, 0.5) is 26.3 Å². The van der Waals surface area contributed by atoms with Crippen molar-refractivity contribution in [3.63, 3.8) is 0 Å². The van der Waals surface area contributed by atoms with Crippen LogP contribution in [0.25, 0.3) is 0 Å². The summed E-state index contributed by atoms with van der Waals surface area (Å²) in [6, 6.07) is 23.5. The van der Waals surface area contributed by atoms with Gasteiger partial charge in [-0.3, -0.25) is 4.79 Å². The van der Waals surface area contributed by atoms with Gasteiger partial charge in [0.25, 0.3) is 5.78 Å². The smallest absolute Gasteiger partial charge is 0.284 e. The average molecular weight is 520 g/mol. The molecular weight excluding hydrogens is 497 g/mol. The van der Waals surface area contributed by atoms with E-state index in [1.807, 2.05) is 0 Å². The summed E-state index contributed by atoms with van der Waals surface area (Å²) in [5, 5.41) is -0.455. The van der Waals surface area contributed by atoms with Crippen LogP contribution in [0.5, 0.6) is 0 Å². The number of hydrogen-bond donors (Lipinski definition) is 0. The number of hydrogen-bond acceptors (Lipinski definition) is 1. The zero-order chi connectivity index (χ0) is 26.0. The minimum Gasteiger partial charge on any atom is -0.284 e. The first kappa shape index (κ1) is 26.0. The minimum absolute atomic E-state index is 0.00183. The molecule has 1 aliphatic rings. The third-order valence-electron chi connectivity index (χ3n) is 6.32. The number of carbonyl (C=O) groups excluding carboxylic acids is 1. The Kier molecular flexibility index (Phi) is 7.33. The molecule has 1 nitrogen and oxygen atoms in total. The molecule has 0 unspecified atom stereocenters. The van der Waals surface area contributed by atoms with Gasteiger partial charge >= 0.3 is 12.4 Å². The summed E-state index contributed by atoms with van der Waals surface area (Å²) in [4.78, 5) is 13.3. The zero-order valence-corrected chi connectivity index (χ0v) is 20.0. The normalized spacial score (nSPS) is 14.6. The predicted octanol–water partition coefficient (Wildman–Crippen LogP) is 6.72. The molecule has 0 N–H and O–H groups in total. The van der Waals surface area contributed by atoms with Crippen LogP contribution in [0.3, 0.4) is 0 Å². The molecule has 3 aromatic rings. The second-order valence-corrected chi connectivity index (χ2v) is 11.9. The summed E-state index contributed by atoms with van der Waals surface area (Å²) in [6.45, 7) is -3.95. The lowest BCUT2D eigenvalue weighted by Gasteiger charge is -2.34. The fourth-order valence-corrected chi connectivity index (χ4v) is 9.49. The lowest BCUT2D eigenvalue weighted by atomic mass is 10.00. The Morgan fingerprint density at radius 2 is 0.944 bits per heavy atom. The molecule has 0 radical (unpaired) electrons. The van der Waals surface area contributed by atoms with Gasteiger partial charge in [-0.05, 0) is 48.5 Å². The third kappa shape index (κ3) is 4.81. The SMILES string of the molecule is O=C(C(C(=C1CCCC1)C(F)(F)F)=P(c1ccccc1)(c1ccccc1)c1ccccc1)C(F)(F)F. The van der Waals surface area contributed by atoms with Crippen LogP contribution in [-0.4, -0.2) is 23.4 Å². The number of rotatable bonds is 5. The summed E-state index contributed by atoms with van der Waals surface area (Å²) >= 11 is 0. The summed E-state index contributed by atoms with van der Waals surface area (Å²) in [6.07, 6.45) is -9.80. The van der Waals surface area contributed by atoms with Gasteiger partial charge in [0.2, 0.25) is 0 Å². The monoisotopic (exact) mass is 520 g/mol. The number of halogens is 6. The molecule has 0 aromatic heterocycles. The van der Waals surface area contributed by atoms with Gasteiger partial charge < -0.3 is 0 Å². The lowest BCUT2D eigenvalue weighted by molar-refractivity contribution is -0.163. The molecule has 4 rings (SSSR count). The third-order valence-corrected chi connectivity index (χ3v) is 10.6. The van der Waals surface area contributed by atoms with Crippen molar-refractivity contribution in [2.75, 3.05) is 0 Å². The van der Waals surface area contributed by atoms with E-state index in [1.165, 1.54) is 36.4 Å². The molecule has 0 bridgehead atoms. The molecular formula is C28H23F6OP. The fourth-order valence-electron chi connectivity index (χ4n) is 4.91. The topological polar surface area (TPSA) is 17.1 Å². The van der Waals surface area contributed by atoms with E-state index in [-0.39, 0.29) is 34.3 Å². The van der Waals surface area contributed by atoms with Crippen LogP contribution >= 0.6 is 6.89 Å². The van der Waals surface area contributed by atoms with Gasteiger partial charge in [0.1, 0.15) is 0 Å². The molecule has 0 heterocycles. The van der Waals surface area contributed by atoms with E-state index in [1.54, 1.807) is 54.6 Å². The molecule has 0 amide bonds. The maximum atomic E-state index is 14.9. The van der Waals surface area contributed by atoms with Gasteiger partial charge in [0.05, 0.1) is 5.57 Å². The molecule has 1 fully saturated rings. The van der Waals surface area contributed by atoms with Crippen molar-refractivity contribution in [2.45, 2.75) is 38.0 Å². The molecule has 0 atom stereocenters. The Labute approximate surface area is 205 Å². The Hall–Kier alpha value is -3.05. The van der Waals surface area contributed by atoms with Crippen LogP contribution < -0.4 is 15.9 Å². The van der Waals surface area contributed by atoms with Crippen molar-refractivity contribution in [3.8, 4) is 0 Å². The van der Waals surface area contributed by atoms with Gasteiger partial charge in [-0.25, -0.2) is 0 Å². The molecule has 3 aromatic carbocycles. The summed E-state index contributed by atoms with van der Waals surface area (Å²) in [7, 11) is 0. The highest BCUT2D eigenvalue weighted by Gasteiger charge is 2.52. The highest BCUT2D eigenvalue weighted by Crippen LogP contribution is 2.52. The quantitative estimate of drug-likeness (QED) is 0.270. The number of alkyl halides is 6. The predicted molar refractivity (Wildman–Crippen MR) is 133 cm³/mol.